The average Bonchev–Trinajstić information content (AvgIpc) is 2.46. The number of aryl methyl sites for hydroxylation is 1. The van der Waals surface area contributed by atoms with Crippen molar-refractivity contribution in [3.05, 3.63) is 64.7 Å². The molecule has 0 heterocycles. The molecule has 1 atom stereocenters. The molecule has 1 nitrogen and oxygen atoms in total. The number of halogens is 1. The first kappa shape index (κ1) is 15.4. The van der Waals surface area contributed by atoms with Crippen LogP contribution >= 0.6 is 23.4 Å². The van der Waals surface area contributed by atoms with Crippen LogP contribution in [-0.2, 0) is 12.8 Å². The first-order valence-corrected chi connectivity index (χ1v) is 8.25. The number of hydrogen-bond donors (Lipinski definition) is 1. The highest BCUT2D eigenvalue weighted by Crippen LogP contribution is 2.22. The Balaban J connectivity index is 1.84. The fraction of sp³-hybridized carbons (Fsp3) is 0.294. The van der Waals surface area contributed by atoms with E-state index in [9.17, 15) is 0 Å². The van der Waals surface area contributed by atoms with E-state index in [1.54, 1.807) is 11.8 Å². The fourth-order valence-corrected chi connectivity index (χ4v) is 3.20. The summed E-state index contributed by atoms with van der Waals surface area (Å²) in [5.41, 5.74) is 8.89. The molecule has 0 amide bonds. The van der Waals surface area contributed by atoms with Crippen molar-refractivity contribution in [2.45, 2.75) is 30.7 Å². The lowest BCUT2D eigenvalue weighted by Gasteiger charge is -2.12. The van der Waals surface area contributed by atoms with Crippen molar-refractivity contribution in [1.82, 2.24) is 0 Å². The maximum absolute atomic E-state index is 6.21. The largest absolute Gasteiger partial charge is 0.327 e. The highest BCUT2D eigenvalue weighted by Gasteiger charge is 2.05. The Bertz CT molecular complexity index is 539. The van der Waals surface area contributed by atoms with Gasteiger partial charge in [-0.15, -0.1) is 11.8 Å². The van der Waals surface area contributed by atoms with Crippen molar-refractivity contribution in [2.75, 3.05) is 5.75 Å². The number of rotatable bonds is 6. The van der Waals surface area contributed by atoms with E-state index in [4.69, 9.17) is 17.3 Å². The van der Waals surface area contributed by atoms with Gasteiger partial charge in [-0.1, -0.05) is 48.9 Å². The van der Waals surface area contributed by atoms with E-state index in [1.807, 2.05) is 18.2 Å². The van der Waals surface area contributed by atoms with Gasteiger partial charge in [0.05, 0.1) is 0 Å². The third-order valence-corrected chi connectivity index (χ3v) is 4.61. The molecule has 0 aliphatic rings. The fourth-order valence-electron chi connectivity index (χ4n) is 2.03. The zero-order chi connectivity index (χ0) is 14.4. The summed E-state index contributed by atoms with van der Waals surface area (Å²) in [4.78, 5) is 1.18. The predicted molar refractivity (Wildman–Crippen MR) is 89.7 cm³/mol. The molecular formula is C17H20ClNS. The van der Waals surface area contributed by atoms with Crippen LogP contribution in [0.5, 0.6) is 0 Å². The van der Waals surface area contributed by atoms with Crippen LogP contribution < -0.4 is 5.73 Å². The second kappa shape index (κ2) is 7.72. The molecule has 2 aromatic carbocycles. The molecule has 0 fully saturated rings. The van der Waals surface area contributed by atoms with Crippen LogP contribution in [0.3, 0.4) is 0 Å². The number of benzene rings is 2. The van der Waals surface area contributed by atoms with E-state index in [0.717, 1.165) is 23.6 Å². The van der Waals surface area contributed by atoms with Gasteiger partial charge in [0.2, 0.25) is 0 Å². The predicted octanol–water partition coefficient (Wildman–Crippen LogP) is 4.56. The van der Waals surface area contributed by atoms with Gasteiger partial charge in [0.25, 0.3) is 0 Å². The smallest absolute Gasteiger partial charge is 0.0417 e. The van der Waals surface area contributed by atoms with E-state index in [0.29, 0.717) is 0 Å². The standard InChI is InChI=1S/C17H20ClNS/c1-2-13-6-8-14(9-7-13)10-16(19)12-20-17-5-3-4-15(18)11-17/h3-9,11,16H,2,10,12,19H2,1H3. The molecule has 2 N–H and O–H groups in total. The molecule has 106 valence electrons. The molecule has 0 radical (unpaired) electrons. The Kier molecular flexibility index (Phi) is 5.96. The topological polar surface area (TPSA) is 26.0 Å². The van der Waals surface area contributed by atoms with Crippen LogP contribution in [0.1, 0.15) is 18.1 Å². The second-order valence-electron chi connectivity index (χ2n) is 4.90. The summed E-state index contributed by atoms with van der Waals surface area (Å²) in [6.07, 6.45) is 1.99. The van der Waals surface area contributed by atoms with Gasteiger partial charge in [-0.3, -0.25) is 0 Å². The lowest BCUT2D eigenvalue weighted by atomic mass is 10.0. The van der Waals surface area contributed by atoms with Gasteiger partial charge in [0.15, 0.2) is 0 Å². The van der Waals surface area contributed by atoms with Crippen molar-refractivity contribution >= 4 is 23.4 Å². The summed E-state index contributed by atoms with van der Waals surface area (Å²) < 4.78 is 0. The quantitative estimate of drug-likeness (QED) is 0.791. The molecule has 0 spiro atoms. The summed E-state index contributed by atoms with van der Waals surface area (Å²) >= 11 is 7.73. The van der Waals surface area contributed by atoms with Crippen molar-refractivity contribution in [2.24, 2.45) is 5.73 Å². The number of nitrogens with two attached hydrogens (primary N) is 1. The van der Waals surface area contributed by atoms with Crippen LogP contribution in [0.15, 0.2) is 53.4 Å². The molecule has 0 bridgehead atoms. The lowest BCUT2D eigenvalue weighted by Crippen LogP contribution is -2.25. The Labute approximate surface area is 130 Å². The molecule has 2 rings (SSSR count). The Morgan fingerprint density at radius 1 is 1.10 bits per heavy atom. The Morgan fingerprint density at radius 2 is 1.80 bits per heavy atom. The highest BCUT2D eigenvalue weighted by atomic mass is 35.5. The van der Waals surface area contributed by atoms with Gasteiger partial charge in [0, 0.05) is 21.7 Å². The van der Waals surface area contributed by atoms with E-state index in [-0.39, 0.29) is 6.04 Å². The monoisotopic (exact) mass is 305 g/mol. The van der Waals surface area contributed by atoms with Gasteiger partial charge in [-0.2, -0.15) is 0 Å². The summed E-state index contributed by atoms with van der Waals surface area (Å²) in [5.74, 6) is 0.899. The zero-order valence-corrected chi connectivity index (χ0v) is 13.3. The van der Waals surface area contributed by atoms with E-state index >= 15 is 0 Å². The van der Waals surface area contributed by atoms with Crippen molar-refractivity contribution in [1.29, 1.82) is 0 Å². The maximum Gasteiger partial charge on any atom is 0.0417 e. The van der Waals surface area contributed by atoms with Crippen LogP contribution in [0.4, 0.5) is 0 Å². The second-order valence-corrected chi connectivity index (χ2v) is 6.43. The molecule has 0 aliphatic carbocycles. The Hall–Kier alpha value is -0.960. The average molecular weight is 306 g/mol. The summed E-state index contributed by atoms with van der Waals surface area (Å²) in [6.45, 7) is 2.17. The molecule has 2 aromatic rings. The minimum Gasteiger partial charge on any atom is -0.327 e. The lowest BCUT2D eigenvalue weighted by molar-refractivity contribution is 0.748. The molecular weight excluding hydrogens is 286 g/mol. The minimum atomic E-state index is 0.159. The minimum absolute atomic E-state index is 0.159. The third kappa shape index (κ3) is 4.86. The van der Waals surface area contributed by atoms with Gasteiger partial charge >= 0.3 is 0 Å². The van der Waals surface area contributed by atoms with E-state index in [1.165, 1.54) is 16.0 Å². The summed E-state index contributed by atoms with van der Waals surface area (Å²) in [6, 6.07) is 16.8. The molecule has 1 unspecified atom stereocenters. The zero-order valence-electron chi connectivity index (χ0n) is 11.7. The van der Waals surface area contributed by atoms with Crippen molar-refractivity contribution in [3.8, 4) is 0 Å². The third-order valence-electron chi connectivity index (χ3n) is 3.19. The molecule has 0 saturated heterocycles. The van der Waals surface area contributed by atoms with Crippen LogP contribution in [0.2, 0.25) is 5.02 Å². The first-order valence-electron chi connectivity index (χ1n) is 6.89. The highest BCUT2D eigenvalue weighted by molar-refractivity contribution is 7.99. The normalized spacial score (nSPS) is 12.3. The van der Waals surface area contributed by atoms with E-state index < -0.39 is 0 Å². The molecule has 0 aliphatic heterocycles. The number of thioether (sulfide) groups is 1. The van der Waals surface area contributed by atoms with E-state index in [2.05, 4.69) is 37.3 Å². The SMILES string of the molecule is CCc1ccc(CC(N)CSc2cccc(Cl)c2)cc1. The van der Waals surface area contributed by atoms with Crippen molar-refractivity contribution < 1.29 is 0 Å². The Morgan fingerprint density at radius 3 is 2.45 bits per heavy atom. The molecule has 20 heavy (non-hydrogen) atoms. The summed E-state index contributed by atoms with van der Waals surface area (Å²) in [7, 11) is 0. The first-order chi connectivity index (χ1) is 9.67. The molecule has 0 aromatic heterocycles. The maximum atomic E-state index is 6.21. The summed E-state index contributed by atoms with van der Waals surface area (Å²) in [5, 5.41) is 0.777. The van der Waals surface area contributed by atoms with Crippen LogP contribution in [0, 0.1) is 0 Å². The van der Waals surface area contributed by atoms with Gasteiger partial charge in [-0.05, 0) is 42.2 Å². The van der Waals surface area contributed by atoms with Crippen LogP contribution in [0.25, 0.3) is 0 Å². The van der Waals surface area contributed by atoms with Gasteiger partial charge in [-0.25, -0.2) is 0 Å². The van der Waals surface area contributed by atoms with Gasteiger partial charge in [0.1, 0.15) is 0 Å². The van der Waals surface area contributed by atoms with Crippen LogP contribution in [-0.4, -0.2) is 11.8 Å². The molecule has 3 heteroatoms. The molecule has 0 saturated carbocycles. The van der Waals surface area contributed by atoms with Crippen molar-refractivity contribution in [3.63, 3.8) is 0 Å². The number of hydrogen-bond acceptors (Lipinski definition) is 2. The van der Waals surface area contributed by atoms with Gasteiger partial charge < -0.3 is 5.73 Å².